The summed E-state index contributed by atoms with van der Waals surface area (Å²) in [6.07, 6.45) is 0. The van der Waals surface area contributed by atoms with Gasteiger partial charge in [-0.05, 0) is 42.6 Å². The SMILES string of the molecule is Cc1ccc(C(N)c2snnc2C)cc1Cl. The van der Waals surface area contributed by atoms with Crippen LogP contribution in [0.5, 0.6) is 0 Å². The molecule has 16 heavy (non-hydrogen) atoms. The fourth-order valence-corrected chi connectivity index (χ4v) is 2.34. The maximum Gasteiger partial charge on any atom is 0.0776 e. The van der Waals surface area contributed by atoms with Crippen molar-refractivity contribution in [1.29, 1.82) is 0 Å². The van der Waals surface area contributed by atoms with E-state index in [9.17, 15) is 0 Å². The van der Waals surface area contributed by atoms with E-state index in [1.807, 2.05) is 32.0 Å². The molecule has 0 fully saturated rings. The molecule has 0 aliphatic heterocycles. The van der Waals surface area contributed by atoms with E-state index in [-0.39, 0.29) is 6.04 Å². The molecule has 0 aliphatic rings. The van der Waals surface area contributed by atoms with Crippen molar-refractivity contribution in [3.63, 3.8) is 0 Å². The minimum Gasteiger partial charge on any atom is -0.319 e. The number of nitrogens with zero attached hydrogens (tertiary/aromatic N) is 2. The van der Waals surface area contributed by atoms with Crippen molar-refractivity contribution in [1.82, 2.24) is 9.59 Å². The fraction of sp³-hybridized carbons (Fsp3) is 0.273. The first-order chi connectivity index (χ1) is 7.59. The van der Waals surface area contributed by atoms with E-state index in [2.05, 4.69) is 9.59 Å². The Balaban J connectivity index is 2.38. The summed E-state index contributed by atoms with van der Waals surface area (Å²) < 4.78 is 3.89. The Morgan fingerprint density at radius 2 is 2.12 bits per heavy atom. The zero-order valence-corrected chi connectivity index (χ0v) is 10.6. The topological polar surface area (TPSA) is 51.8 Å². The number of aromatic nitrogens is 2. The van der Waals surface area contributed by atoms with Crippen molar-refractivity contribution in [2.24, 2.45) is 5.73 Å². The van der Waals surface area contributed by atoms with Gasteiger partial charge in [-0.15, -0.1) is 5.10 Å². The number of aryl methyl sites for hydroxylation is 2. The third kappa shape index (κ3) is 2.09. The van der Waals surface area contributed by atoms with Crippen LogP contribution in [0.2, 0.25) is 5.02 Å². The Morgan fingerprint density at radius 1 is 1.38 bits per heavy atom. The Labute approximate surface area is 103 Å². The van der Waals surface area contributed by atoms with E-state index < -0.39 is 0 Å². The summed E-state index contributed by atoms with van der Waals surface area (Å²) in [6.45, 7) is 3.88. The lowest BCUT2D eigenvalue weighted by Crippen LogP contribution is -2.11. The summed E-state index contributed by atoms with van der Waals surface area (Å²) >= 11 is 7.41. The van der Waals surface area contributed by atoms with Gasteiger partial charge in [0.05, 0.1) is 16.6 Å². The zero-order chi connectivity index (χ0) is 11.7. The maximum atomic E-state index is 6.15. The van der Waals surface area contributed by atoms with Gasteiger partial charge in [0.25, 0.3) is 0 Å². The van der Waals surface area contributed by atoms with Gasteiger partial charge >= 0.3 is 0 Å². The van der Waals surface area contributed by atoms with Crippen LogP contribution in [0.4, 0.5) is 0 Å². The lowest BCUT2D eigenvalue weighted by Gasteiger charge is -2.11. The monoisotopic (exact) mass is 253 g/mol. The van der Waals surface area contributed by atoms with Crippen molar-refractivity contribution < 1.29 is 0 Å². The molecule has 84 valence electrons. The van der Waals surface area contributed by atoms with Gasteiger partial charge < -0.3 is 5.73 Å². The molecule has 2 rings (SSSR count). The molecule has 0 amide bonds. The van der Waals surface area contributed by atoms with E-state index in [0.29, 0.717) is 0 Å². The van der Waals surface area contributed by atoms with E-state index in [1.54, 1.807) is 0 Å². The average Bonchev–Trinajstić information content (AvgIpc) is 2.67. The second-order valence-corrected chi connectivity index (χ2v) is 4.90. The number of halogens is 1. The van der Waals surface area contributed by atoms with E-state index in [4.69, 9.17) is 17.3 Å². The number of hydrogen-bond acceptors (Lipinski definition) is 4. The van der Waals surface area contributed by atoms with Crippen LogP contribution in [-0.4, -0.2) is 9.59 Å². The third-order valence-electron chi connectivity index (χ3n) is 2.52. The van der Waals surface area contributed by atoms with Crippen LogP contribution in [0.1, 0.15) is 27.7 Å². The lowest BCUT2D eigenvalue weighted by atomic mass is 10.0. The molecular weight excluding hydrogens is 242 g/mol. The number of rotatable bonds is 2. The van der Waals surface area contributed by atoms with Gasteiger partial charge in [0, 0.05) is 5.02 Å². The smallest absolute Gasteiger partial charge is 0.0776 e. The van der Waals surface area contributed by atoms with Gasteiger partial charge in [-0.3, -0.25) is 0 Å². The van der Waals surface area contributed by atoms with E-state index in [0.717, 1.165) is 26.7 Å². The average molecular weight is 254 g/mol. The Hall–Kier alpha value is -0.970. The highest BCUT2D eigenvalue weighted by atomic mass is 35.5. The molecule has 1 aromatic heterocycles. The third-order valence-corrected chi connectivity index (χ3v) is 3.84. The van der Waals surface area contributed by atoms with Gasteiger partial charge in [-0.2, -0.15) is 0 Å². The molecule has 0 saturated heterocycles. The first-order valence-corrected chi connectivity index (χ1v) is 6.05. The van der Waals surface area contributed by atoms with Crippen LogP contribution in [0, 0.1) is 13.8 Å². The second kappa shape index (κ2) is 4.49. The molecular formula is C11H12ClN3S. The molecule has 0 radical (unpaired) electrons. The molecule has 0 saturated carbocycles. The van der Waals surface area contributed by atoms with Crippen molar-refractivity contribution in [2.75, 3.05) is 0 Å². The number of hydrogen-bond donors (Lipinski definition) is 1. The highest BCUT2D eigenvalue weighted by Crippen LogP contribution is 2.27. The fourth-order valence-electron chi connectivity index (χ4n) is 1.48. The molecule has 1 unspecified atom stereocenters. The molecule has 2 N–H and O–H groups in total. The van der Waals surface area contributed by atoms with Gasteiger partial charge in [0.1, 0.15) is 0 Å². The Bertz CT molecular complexity index is 510. The summed E-state index contributed by atoms with van der Waals surface area (Å²) in [4.78, 5) is 0.986. The molecule has 0 aliphatic carbocycles. The van der Waals surface area contributed by atoms with Gasteiger partial charge in [0.2, 0.25) is 0 Å². The minimum atomic E-state index is -0.196. The summed E-state index contributed by atoms with van der Waals surface area (Å²) in [6, 6.07) is 5.67. The van der Waals surface area contributed by atoms with Crippen molar-refractivity contribution in [3.8, 4) is 0 Å². The minimum absolute atomic E-state index is 0.196. The van der Waals surface area contributed by atoms with Gasteiger partial charge in [-0.25, -0.2) is 0 Å². The normalized spacial score (nSPS) is 12.8. The van der Waals surface area contributed by atoms with Crippen LogP contribution in [0.3, 0.4) is 0 Å². The van der Waals surface area contributed by atoms with Crippen LogP contribution in [0.15, 0.2) is 18.2 Å². The molecule has 1 heterocycles. The summed E-state index contributed by atoms with van der Waals surface area (Å²) in [5.41, 5.74) is 9.08. The summed E-state index contributed by atoms with van der Waals surface area (Å²) in [5.74, 6) is 0. The standard InChI is InChI=1S/C11H12ClN3S/c1-6-3-4-8(5-9(6)12)10(13)11-7(2)14-15-16-11/h3-5,10H,13H2,1-2H3. The Kier molecular flexibility index (Phi) is 3.23. The molecule has 0 spiro atoms. The van der Waals surface area contributed by atoms with E-state index >= 15 is 0 Å². The van der Waals surface area contributed by atoms with Crippen LogP contribution < -0.4 is 5.73 Å². The zero-order valence-electron chi connectivity index (χ0n) is 9.07. The Morgan fingerprint density at radius 3 is 2.69 bits per heavy atom. The predicted octanol–water partition coefficient (Wildman–Crippen LogP) is 2.86. The molecule has 3 nitrogen and oxygen atoms in total. The number of nitrogens with two attached hydrogens (primary N) is 1. The van der Waals surface area contributed by atoms with Gasteiger partial charge in [-0.1, -0.05) is 28.2 Å². The first kappa shape index (κ1) is 11.5. The lowest BCUT2D eigenvalue weighted by molar-refractivity contribution is 0.873. The van der Waals surface area contributed by atoms with Crippen molar-refractivity contribution in [3.05, 3.63) is 44.9 Å². The molecule has 2 aromatic rings. The van der Waals surface area contributed by atoms with E-state index in [1.165, 1.54) is 11.5 Å². The highest BCUT2D eigenvalue weighted by Gasteiger charge is 2.15. The second-order valence-electron chi connectivity index (χ2n) is 3.71. The maximum absolute atomic E-state index is 6.15. The van der Waals surface area contributed by atoms with Crippen LogP contribution in [-0.2, 0) is 0 Å². The number of benzene rings is 1. The molecule has 5 heteroatoms. The summed E-state index contributed by atoms with van der Waals surface area (Å²) in [7, 11) is 0. The molecule has 0 bridgehead atoms. The molecule has 1 atom stereocenters. The highest BCUT2D eigenvalue weighted by molar-refractivity contribution is 7.05. The summed E-state index contributed by atoms with van der Waals surface area (Å²) in [5, 5.41) is 4.70. The van der Waals surface area contributed by atoms with Gasteiger partial charge in [0.15, 0.2) is 0 Å². The van der Waals surface area contributed by atoms with Crippen LogP contribution in [0.25, 0.3) is 0 Å². The van der Waals surface area contributed by atoms with Crippen molar-refractivity contribution >= 4 is 23.1 Å². The quantitative estimate of drug-likeness (QED) is 0.895. The molecule has 1 aromatic carbocycles. The van der Waals surface area contributed by atoms with Crippen LogP contribution >= 0.6 is 23.1 Å². The largest absolute Gasteiger partial charge is 0.319 e. The first-order valence-electron chi connectivity index (χ1n) is 4.90. The van der Waals surface area contributed by atoms with Crippen molar-refractivity contribution in [2.45, 2.75) is 19.9 Å². The predicted molar refractivity (Wildman–Crippen MR) is 66.9 cm³/mol.